The number of unbranched alkanes of at least 4 members (excludes halogenated alkanes) is 13. The average molecular weight is 471 g/mol. The summed E-state index contributed by atoms with van der Waals surface area (Å²) in [5, 5.41) is 0. The highest BCUT2D eigenvalue weighted by atomic mass is 16.6. The molecule has 1 atom stereocenters. The Morgan fingerprint density at radius 1 is 0.667 bits per heavy atom. The van der Waals surface area contributed by atoms with Gasteiger partial charge in [0, 0.05) is 12.8 Å². The summed E-state index contributed by atoms with van der Waals surface area (Å²) in [5.41, 5.74) is -0.253. The molecule has 0 amide bonds. The number of rotatable bonds is 22. The smallest absolute Gasteiger partial charge is 0.306 e. The van der Waals surface area contributed by atoms with Gasteiger partial charge in [-0.15, -0.1) is 0 Å². The molecule has 0 aliphatic heterocycles. The van der Waals surface area contributed by atoms with E-state index in [9.17, 15) is 9.59 Å². The lowest BCUT2D eigenvalue weighted by molar-refractivity contribution is -0.154. The van der Waals surface area contributed by atoms with Gasteiger partial charge in [-0.3, -0.25) is 9.59 Å². The van der Waals surface area contributed by atoms with E-state index in [0.717, 1.165) is 12.8 Å². The molecular weight excluding hydrogens is 416 g/mol. The van der Waals surface area contributed by atoms with Crippen molar-refractivity contribution >= 4 is 11.9 Å². The van der Waals surface area contributed by atoms with Crippen LogP contribution in [0.2, 0.25) is 0 Å². The number of carbonyl (C=O) groups excluding carboxylic acids is 2. The van der Waals surface area contributed by atoms with Crippen molar-refractivity contribution in [3.05, 3.63) is 0 Å². The molecule has 0 aromatic heterocycles. The van der Waals surface area contributed by atoms with Crippen LogP contribution in [0, 0.1) is 0 Å². The van der Waals surface area contributed by atoms with Crippen LogP contribution in [0.5, 0.6) is 0 Å². The molecule has 0 aromatic rings. The molecule has 0 aliphatic rings. The lowest BCUT2D eigenvalue weighted by Crippen LogP contribution is -2.27. The minimum Gasteiger partial charge on any atom is -0.466 e. The summed E-state index contributed by atoms with van der Waals surface area (Å²) in [6, 6.07) is 0. The van der Waals surface area contributed by atoms with Crippen LogP contribution in [-0.4, -0.2) is 36.9 Å². The van der Waals surface area contributed by atoms with Crippen molar-refractivity contribution in [1.29, 1.82) is 0 Å². The van der Waals surface area contributed by atoms with Crippen LogP contribution < -0.4 is 0 Å². The number of hydrogen-bond acceptors (Lipinski definition) is 5. The summed E-state index contributed by atoms with van der Waals surface area (Å²) in [6.07, 6.45) is 19.0. The van der Waals surface area contributed by atoms with Crippen LogP contribution in [0.3, 0.4) is 0 Å². The summed E-state index contributed by atoms with van der Waals surface area (Å²) < 4.78 is 16.2. The summed E-state index contributed by atoms with van der Waals surface area (Å²) >= 11 is 0. The first-order valence-corrected chi connectivity index (χ1v) is 13.7. The highest BCUT2D eigenvalue weighted by Gasteiger charge is 2.15. The van der Waals surface area contributed by atoms with Gasteiger partial charge in [0.1, 0.15) is 6.10 Å². The molecule has 0 fully saturated rings. The summed E-state index contributed by atoms with van der Waals surface area (Å²) in [4.78, 5) is 23.6. The molecule has 196 valence electrons. The van der Waals surface area contributed by atoms with Gasteiger partial charge in [0.05, 0.1) is 18.8 Å². The van der Waals surface area contributed by atoms with Crippen molar-refractivity contribution in [2.45, 2.75) is 155 Å². The summed E-state index contributed by atoms with van der Waals surface area (Å²) in [6.45, 7) is 10.8. The molecule has 33 heavy (non-hydrogen) atoms. The number of ether oxygens (including phenoxy) is 3. The Morgan fingerprint density at radius 2 is 1.12 bits per heavy atom. The van der Waals surface area contributed by atoms with Gasteiger partial charge >= 0.3 is 11.9 Å². The quantitative estimate of drug-likeness (QED) is 0.119. The van der Waals surface area contributed by atoms with Crippen LogP contribution in [0.25, 0.3) is 0 Å². The Hall–Kier alpha value is -1.10. The van der Waals surface area contributed by atoms with Crippen LogP contribution in [0.1, 0.15) is 144 Å². The van der Waals surface area contributed by atoms with E-state index in [1.807, 2.05) is 27.7 Å². The normalized spacial score (nSPS) is 12.5. The molecule has 0 N–H and O–H groups in total. The summed E-state index contributed by atoms with van der Waals surface area (Å²) in [5.74, 6) is -0.513. The molecule has 5 heteroatoms. The first-order valence-electron chi connectivity index (χ1n) is 13.7. The molecular formula is C28H54O5. The molecule has 0 saturated heterocycles. The van der Waals surface area contributed by atoms with E-state index in [-0.39, 0.29) is 36.5 Å². The average Bonchev–Trinajstić information content (AvgIpc) is 2.74. The van der Waals surface area contributed by atoms with Crippen molar-refractivity contribution in [3.8, 4) is 0 Å². The predicted octanol–water partition coefficient (Wildman–Crippen LogP) is 7.93. The van der Waals surface area contributed by atoms with E-state index in [1.165, 1.54) is 77.0 Å². The fraction of sp³-hybridized carbons (Fsp3) is 0.929. The highest BCUT2D eigenvalue weighted by molar-refractivity contribution is 5.72. The Kier molecular flexibility index (Phi) is 20.7. The lowest BCUT2D eigenvalue weighted by atomic mass is 10.0. The molecule has 5 nitrogen and oxygen atoms in total. The zero-order valence-electron chi connectivity index (χ0n) is 22.6. The van der Waals surface area contributed by atoms with E-state index < -0.39 is 0 Å². The molecule has 0 radical (unpaired) electrons. The van der Waals surface area contributed by atoms with Crippen molar-refractivity contribution in [3.63, 3.8) is 0 Å². The van der Waals surface area contributed by atoms with Gasteiger partial charge in [0.15, 0.2) is 0 Å². The predicted molar refractivity (Wildman–Crippen MR) is 136 cm³/mol. The van der Waals surface area contributed by atoms with Crippen LogP contribution in [-0.2, 0) is 23.8 Å². The van der Waals surface area contributed by atoms with Crippen LogP contribution in [0.4, 0.5) is 0 Å². The second-order valence-corrected chi connectivity index (χ2v) is 10.4. The molecule has 0 aliphatic carbocycles. The molecule has 0 rings (SSSR count). The lowest BCUT2D eigenvalue weighted by Gasteiger charge is -2.22. The van der Waals surface area contributed by atoms with E-state index >= 15 is 0 Å². The number of hydrogen-bond donors (Lipinski definition) is 0. The van der Waals surface area contributed by atoms with Crippen molar-refractivity contribution in [2.75, 3.05) is 13.2 Å². The standard InChI is InChI=1S/C28H54O5/c1-6-7-8-9-10-11-12-13-14-15-16-17-18-19-23-31-26(29)21-20-22-27(30)33-25(2)24-32-28(3,4)5/h25H,6-24H2,1-5H3. The maximum absolute atomic E-state index is 11.8. The topological polar surface area (TPSA) is 61.8 Å². The number of carbonyl (C=O) groups is 2. The first-order chi connectivity index (χ1) is 15.7. The van der Waals surface area contributed by atoms with Gasteiger partial charge in [0.2, 0.25) is 0 Å². The SMILES string of the molecule is CCCCCCCCCCCCCCCCOC(=O)CCCC(=O)OC(C)COC(C)(C)C. The maximum Gasteiger partial charge on any atom is 0.306 e. The fourth-order valence-electron chi connectivity index (χ4n) is 3.62. The highest BCUT2D eigenvalue weighted by Crippen LogP contribution is 2.13. The minimum atomic E-state index is -0.292. The van der Waals surface area contributed by atoms with E-state index in [2.05, 4.69) is 6.92 Å². The Balaban J connectivity index is 3.40. The van der Waals surface area contributed by atoms with Gasteiger partial charge in [-0.1, -0.05) is 90.4 Å². The molecule has 0 saturated carbocycles. The molecule has 0 bridgehead atoms. The van der Waals surface area contributed by atoms with Gasteiger partial charge in [0.25, 0.3) is 0 Å². The monoisotopic (exact) mass is 470 g/mol. The van der Waals surface area contributed by atoms with Crippen LogP contribution >= 0.6 is 0 Å². The van der Waals surface area contributed by atoms with Crippen molar-refractivity contribution < 1.29 is 23.8 Å². The number of esters is 2. The van der Waals surface area contributed by atoms with Crippen LogP contribution in [0.15, 0.2) is 0 Å². The second-order valence-electron chi connectivity index (χ2n) is 10.4. The van der Waals surface area contributed by atoms with E-state index in [4.69, 9.17) is 14.2 Å². The zero-order chi connectivity index (χ0) is 24.8. The Morgan fingerprint density at radius 3 is 1.61 bits per heavy atom. The largest absolute Gasteiger partial charge is 0.466 e. The first kappa shape index (κ1) is 31.9. The van der Waals surface area contributed by atoms with Gasteiger partial charge < -0.3 is 14.2 Å². The minimum absolute atomic E-state index is 0.221. The molecule has 0 heterocycles. The zero-order valence-corrected chi connectivity index (χ0v) is 22.6. The summed E-state index contributed by atoms with van der Waals surface area (Å²) in [7, 11) is 0. The van der Waals surface area contributed by atoms with Crippen molar-refractivity contribution in [1.82, 2.24) is 0 Å². The van der Waals surface area contributed by atoms with Gasteiger partial charge in [-0.25, -0.2) is 0 Å². The third-order valence-corrected chi connectivity index (χ3v) is 5.61. The van der Waals surface area contributed by atoms with E-state index in [0.29, 0.717) is 19.6 Å². The molecule has 1 unspecified atom stereocenters. The Labute approximate surface area is 204 Å². The molecule has 0 aromatic carbocycles. The fourth-order valence-corrected chi connectivity index (χ4v) is 3.62. The second kappa shape index (κ2) is 21.4. The van der Waals surface area contributed by atoms with Crippen molar-refractivity contribution in [2.24, 2.45) is 0 Å². The third-order valence-electron chi connectivity index (χ3n) is 5.61. The maximum atomic E-state index is 11.8. The molecule has 0 spiro atoms. The van der Waals surface area contributed by atoms with Gasteiger partial charge in [-0.2, -0.15) is 0 Å². The third kappa shape index (κ3) is 25.4. The Bertz CT molecular complexity index is 469. The van der Waals surface area contributed by atoms with Gasteiger partial charge in [-0.05, 0) is 40.5 Å². The van der Waals surface area contributed by atoms with E-state index in [1.54, 1.807) is 0 Å².